The number of nitrogens with zero attached hydrogens (tertiary/aromatic N) is 3. The van der Waals surface area contributed by atoms with Crippen LogP contribution in [0.15, 0.2) is 64.3 Å². The summed E-state index contributed by atoms with van der Waals surface area (Å²) in [5.41, 5.74) is 2.35. The second-order valence-electron chi connectivity index (χ2n) is 7.90. The third-order valence-electron chi connectivity index (χ3n) is 6.12. The maximum absolute atomic E-state index is 13.3. The molecular formula is C22H23N3O2S. The number of carbonyl (C=O) groups is 1. The molecule has 2 aliphatic rings. The van der Waals surface area contributed by atoms with Gasteiger partial charge >= 0.3 is 0 Å². The molecule has 0 spiro atoms. The first-order valence-electron chi connectivity index (χ1n) is 9.81. The molecule has 6 heteroatoms. The highest BCUT2D eigenvalue weighted by Crippen LogP contribution is 2.36. The molecule has 0 N–H and O–H groups in total. The molecule has 3 aromatic heterocycles. The van der Waals surface area contributed by atoms with Crippen LogP contribution < -0.4 is 5.56 Å². The Balaban J connectivity index is 1.37. The molecule has 144 valence electrons. The number of aromatic nitrogens is 2. The van der Waals surface area contributed by atoms with E-state index in [0.717, 1.165) is 25.2 Å². The average molecular weight is 394 g/mol. The van der Waals surface area contributed by atoms with Crippen molar-refractivity contribution in [3.8, 4) is 0 Å². The van der Waals surface area contributed by atoms with Crippen LogP contribution in [-0.4, -0.2) is 33.0 Å². The summed E-state index contributed by atoms with van der Waals surface area (Å²) in [6.45, 7) is 2.18. The zero-order chi connectivity index (χ0) is 19.1. The van der Waals surface area contributed by atoms with Crippen LogP contribution in [0.5, 0.6) is 0 Å². The SMILES string of the molecule is O=C(CC(c1ccsc1)n1cccc1)N1CC2CC(C1)c1cccc(=O)n1C2. The standard InChI is InChI=1S/C22H23N3O2S/c26-21-5-3-4-19-18-10-16(13-25(19)21)12-24(14-18)22(27)11-20(17-6-9-28-15-17)23-7-1-2-8-23/h1-9,15-16,18,20H,10-14H2. The number of carbonyl (C=O) groups excluding carboxylic acids is 1. The second-order valence-corrected chi connectivity index (χ2v) is 8.68. The van der Waals surface area contributed by atoms with Gasteiger partial charge in [-0.3, -0.25) is 9.59 Å². The number of rotatable bonds is 4. The van der Waals surface area contributed by atoms with Crippen LogP contribution in [0.2, 0.25) is 0 Å². The van der Waals surface area contributed by atoms with Gasteiger partial charge in [0.15, 0.2) is 0 Å². The Bertz CT molecular complexity index is 988. The highest BCUT2D eigenvalue weighted by atomic mass is 32.1. The molecule has 0 radical (unpaired) electrons. The molecular weight excluding hydrogens is 370 g/mol. The van der Waals surface area contributed by atoms with Gasteiger partial charge in [0.1, 0.15) is 0 Å². The molecule has 5 nitrogen and oxygen atoms in total. The van der Waals surface area contributed by atoms with Gasteiger partial charge in [-0.15, -0.1) is 0 Å². The van der Waals surface area contributed by atoms with Crippen molar-refractivity contribution in [3.05, 3.63) is 81.2 Å². The maximum atomic E-state index is 13.3. The Morgan fingerprint density at radius 2 is 1.96 bits per heavy atom. The number of pyridine rings is 1. The van der Waals surface area contributed by atoms with Crippen LogP contribution in [0.1, 0.15) is 36.1 Å². The summed E-state index contributed by atoms with van der Waals surface area (Å²) in [6.07, 6.45) is 5.59. The van der Waals surface area contributed by atoms with Gasteiger partial charge in [-0.25, -0.2) is 0 Å². The summed E-state index contributed by atoms with van der Waals surface area (Å²) < 4.78 is 4.04. The zero-order valence-corrected chi connectivity index (χ0v) is 16.4. The molecule has 0 aliphatic carbocycles. The summed E-state index contributed by atoms with van der Waals surface area (Å²) in [6, 6.07) is 11.7. The van der Waals surface area contributed by atoms with E-state index in [4.69, 9.17) is 0 Å². The van der Waals surface area contributed by atoms with Gasteiger partial charge < -0.3 is 14.0 Å². The summed E-state index contributed by atoms with van der Waals surface area (Å²) in [4.78, 5) is 27.5. The van der Waals surface area contributed by atoms with Gasteiger partial charge in [-0.2, -0.15) is 11.3 Å². The number of hydrogen-bond acceptors (Lipinski definition) is 3. The maximum Gasteiger partial charge on any atom is 0.250 e. The van der Waals surface area contributed by atoms with Crippen molar-refractivity contribution < 1.29 is 4.79 Å². The van der Waals surface area contributed by atoms with Gasteiger partial charge in [-0.1, -0.05) is 6.07 Å². The lowest BCUT2D eigenvalue weighted by Crippen LogP contribution is -2.49. The molecule has 0 saturated carbocycles. The number of fused-ring (bicyclic) bond motifs is 4. The monoisotopic (exact) mass is 393 g/mol. The van der Waals surface area contributed by atoms with Crippen molar-refractivity contribution in [1.82, 2.24) is 14.0 Å². The fourth-order valence-electron chi connectivity index (χ4n) is 4.81. The molecule has 1 fully saturated rings. The minimum atomic E-state index is 0.0328. The number of likely N-dealkylation sites (tertiary alicyclic amines) is 1. The summed E-state index contributed by atoms with van der Waals surface area (Å²) in [5, 5.41) is 4.20. The van der Waals surface area contributed by atoms with Gasteiger partial charge in [0.2, 0.25) is 5.91 Å². The molecule has 3 unspecified atom stereocenters. The minimum absolute atomic E-state index is 0.0328. The van der Waals surface area contributed by atoms with Crippen molar-refractivity contribution in [2.45, 2.75) is 31.3 Å². The van der Waals surface area contributed by atoms with Crippen LogP contribution in [0, 0.1) is 5.92 Å². The predicted octanol–water partition coefficient (Wildman–Crippen LogP) is 3.34. The second kappa shape index (κ2) is 7.09. The number of piperidine rings is 1. The smallest absolute Gasteiger partial charge is 0.250 e. The highest BCUT2D eigenvalue weighted by Gasteiger charge is 2.36. The van der Waals surface area contributed by atoms with Crippen molar-refractivity contribution in [3.63, 3.8) is 0 Å². The molecule has 3 atom stereocenters. The van der Waals surface area contributed by atoms with E-state index < -0.39 is 0 Å². The van der Waals surface area contributed by atoms with Crippen LogP contribution >= 0.6 is 11.3 Å². The Kier molecular flexibility index (Phi) is 4.43. The van der Waals surface area contributed by atoms with E-state index in [1.807, 2.05) is 46.1 Å². The van der Waals surface area contributed by atoms with E-state index in [2.05, 4.69) is 21.4 Å². The highest BCUT2D eigenvalue weighted by molar-refractivity contribution is 7.08. The van der Waals surface area contributed by atoms with Crippen LogP contribution in [0.4, 0.5) is 0 Å². The zero-order valence-electron chi connectivity index (χ0n) is 15.6. The van der Waals surface area contributed by atoms with Crippen molar-refractivity contribution >= 4 is 17.2 Å². The fraction of sp³-hybridized carbons (Fsp3) is 0.364. The normalized spacial score (nSPS) is 21.9. The van der Waals surface area contributed by atoms with Crippen LogP contribution in [0.3, 0.4) is 0 Å². The third-order valence-corrected chi connectivity index (χ3v) is 6.82. The Morgan fingerprint density at radius 1 is 1.11 bits per heavy atom. The first kappa shape index (κ1) is 17.5. The summed E-state index contributed by atoms with van der Waals surface area (Å²) >= 11 is 1.66. The molecule has 1 saturated heterocycles. The fourth-order valence-corrected chi connectivity index (χ4v) is 5.52. The minimum Gasteiger partial charge on any atom is -0.346 e. The third kappa shape index (κ3) is 3.11. The number of hydrogen-bond donors (Lipinski definition) is 0. The topological polar surface area (TPSA) is 47.2 Å². The molecule has 1 amide bonds. The molecule has 5 heterocycles. The average Bonchev–Trinajstić information content (AvgIpc) is 3.41. The van der Waals surface area contributed by atoms with Crippen LogP contribution in [-0.2, 0) is 11.3 Å². The van der Waals surface area contributed by atoms with E-state index in [-0.39, 0.29) is 23.4 Å². The molecule has 3 aromatic rings. The molecule has 2 aliphatic heterocycles. The molecule has 28 heavy (non-hydrogen) atoms. The predicted molar refractivity (Wildman–Crippen MR) is 110 cm³/mol. The lowest BCUT2D eigenvalue weighted by Gasteiger charge is -2.43. The molecule has 2 bridgehead atoms. The number of amides is 1. The van der Waals surface area contributed by atoms with E-state index in [1.165, 1.54) is 5.56 Å². The van der Waals surface area contributed by atoms with E-state index in [9.17, 15) is 9.59 Å². The first-order valence-corrected chi connectivity index (χ1v) is 10.8. The quantitative estimate of drug-likeness (QED) is 0.683. The van der Waals surface area contributed by atoms with Gasteiger partial charge in [0, 0.05) is 49.7 Å². The lowest BCUT2D eigenvalue weighted by atomic mass is 9.83. The van der Waals surface area contributed by atoms with Gasteiger partial charge in [0.05, 0.1) is 12.5 Å². The molecule has 5 rings (SSSR count). The lowest BCUT2D eigenvalue weighted by molar-refractivity contribution is -0.134. The Hall–Kier alpha value is -2.60. The Morgan fingerprint density at radius 3 is 2.75 bits per heavy atom. The number of thiophene rings is 1. The van der Waals surface area contributed by atoms with E-state index in [0.29, 0.717) is 18.9 Å². The Labute approximate surface area is 167 Å². The summed E-state index contributed by atoms with van der Waals surface area (Å²) in [7, 11) is 0. The molecule has 0 aromatic carbocycles. The van der Waals surface area contributed by atoms with Crippen molar-refractivity contribution in [2.75, 3.05) is 13.1 Å². The van der Waals surface area contributed by atoms with E-state index >= 15 is 0 Å². The van der Waals surface area contributed by atoms with Gasteiger partial charge in [-0.05, 0) is 52.9 Å². The van der Waals surface area contributed by atoms with E-state index in [1.54, 1.807) is 17.4 Å². The summed E-state index contributed by atoms with van der Waals surface area (Å²) in [5.74, 6) is 0.823. The first-order chi connectivity index (χ1) is 13.7. The van der Waals surface area contributed by atoms with Gasteiger partial charge in [0.25, 0.3) is 5.56 Å². The largest absolute Gasteiger partial charge is 0.346 e. The van der Waals surface area contributed by atoms with Crippen molar-refractivity contribution in [1.29, 1.82) is 0 Å². The van der Waals surface area contributed by atoms with Crippen molar-refractivity contribution in [2.24, 2.45) is 5.92 Å². The van der Waals surface area contributed by atoms with Crippen LogP contribution in [0.25, 0.3) is 0 Å².